The second-order valence-electron chi connectivity index (χ2n) is 10.8. The summed E-state index contributed by atoms with van der Waals surface area (Å²) in [6.07, 6.45) is 1.53. The number of nitrogens with zero attached hydrogens (tertiary/aromatic N) is 3. The van der Waals surface area contributed by atoms with Gasteiger partial charge in [-0.1, -0.05) is 60.7 Å². The molecule has 0 aliphatic carbocycles. The molecule has 3 heterocycles. The highest BCUT2D eigenvalue weighted by molar-refractivity contribution is 7.10. The van der Waals surface area contributed by atoms with Gasteiger partial charge in [-0.25, -0.2) is 0 Å². The van der Waals surface area contributed by atoms with E-state index < -0.39 is 0 Å². The van der Waals surface area contributed by atoms with E-state index in [1.54, 1.807) is 0 Å². The minimum Gasteiger partial charge on any atom is -0.339 e. The maximum absolute atomic E-state index is 13.5. The summed E-state index contributed by atoms with van der Waals surface area (Å²) in [6, 6.07) is 25.0. The van der Waals surface area contributed by atoms with Crippen LogP contribution in [0.15, 0.2) is 78.2 Å². The van der Waals surface area contributed by atoms with Crippen LogP contribution >= 0.6 is 11.3 Å². The van der Waals surface area contributed by atoms with Gasteiger partial charge in [0.1, 0.15) is 0 Å². The topological polar surface area (TPSA) is 43.9 Å². The molecule has 200 valence electrons. The lowest BCUT2D eigenvalue weighted by molar-refractivity contribution is -0.134. The Kier molecular flexibility index (Phi) is 7.24. The SMILES string of the molecule is Cc1ccccc1C1c2ccsc2CCN1CCC(=O)N1CCN(C(=O)c2cccc3ccccc23)C(C)C1. The van der Waals surface area contributed by atoms with Gasteiger partial charge in [0, 0.05) is 55.6 Å². The van der Waals surface area contributed by atoms with E-state index in [2.05, 4.69) is 54.5 Å². The summed E-state index contributed by atoms with van der Waals surface area (Å²) >= 11 is 1.85. The van der Waals surface area contributed by atoms with Crippen LogP contribution in [0.1, 0.15) is 51.3 Å². The Hall–Kier alpha value is -3.48. The Morgan fingerprint density at radius 2 is 1.69 bits per heavy atom. The fourth-order valence-corrected chi connectivity index (χ4v) is 7.22. The first-order valence-corrected chi connectivity index (χ1v) is 14.8. The Balaban J connectivity index is 1.12. The van der Waals surface area contributed by atoms with Gasteiger partial charge in [0.25, 0.3) is 5.91 Å². The number of thiophene rings is 1. The fourth-order valence-electron chi connectivity index (χ4n) is 6.32. The number of aryl methyl sites for hydroxylation is 1. The second-order valence-corrected chi connectivity index (χ2v) is 11.8. The molecule has 1 aromatic heterocycles. The quantitative estimate of drug-likeness (QED) is 0.317. The van der Waals surface area contributed by atoms with Gasteiger partial charge in [-0.2, -0.15) is 0 Å². The lowest BCUT2D eigenvalue weighted by Crippen LogP contribution is -2.55. The van der Waals surface area contributed by atoms with E-state index in [9.17, 15) is 9.59 Å². The summed E-state index contributed by atoms with van der Waals surface area (Å²) in [6.45, 7) is 7.64. The van der Waals surface area contributed by atoms with Crippen LogP contribution < -0.4 is 0 Å². The smallest absolute Gasteiger partial charge is 0.254 e. The average molecular weight is 538 g/mol. The summed E-state index contributed by atoms with van der Waals surface area (Å²) in [4.78, 5) is 34.8. The molecular formula is C33H35N3O2S. The predicted octanol–water partition coefficient (Wildman–Crippen LogP) is 5.92. The first-order valence-electron chi connectivity index (χ1n) is 13.9. The van der Waals surface area contributed by atoms with Crippen LogP contribution in [-0.4, -0.2) is 65.3 Å². The molecule has 1 saturated heterocycles. The van der Waals surface area contributed by atoms with E-state index in [1.165, 1.54) is 21.6 Å². The van der Waals surface area contributed by atoms with Gasteiger partial charge in [-0.05, 0) is 65.2 Å². The molecule has 6 rings (SSSR count). The lowest BCUT2D eigenvalue weighted by atomic mass is 9.90. The highest BCUT2D eigenvalue weighted by Gasteiger charge is 2.33. The van der Waals surface area contributed by atoms with E-state index in [0.29, 0.717) is 26.1 Å². The maximum atomic E-state index is 13.5. The van der Waals surface area contributed by atoms with Crippen LogP contribution in [0.4, 0.5) is 0 Å². The van der Waals surface area contributed by atoms with Crippen LogP contribution in [0, 0.1) is 6.92 Å². The standard InChI is InChI=1S/C33H35N3O2S/c1-23-8-3-5-11-26(23)32-29-16-21-39-30(29)14-17-34(32)18-15-31(37)35-19-20-36(24(2)22-35)33(38)28-13-7-10-25-9-4-6-12-27(25)28/h3-13,16,21,24,32H,14-15,17-20,22H2,1-2H3. The normalized spacial score (nSPS) is 19.7. The number of amides is 2. The van der Waals surface area contributed by atoms with Crippen molar-refractivity contribution in [3.63, 3.8) is 0 Å². The Bertz CT molecular complexity index is 1510. The molecule has 2 atom stereocenters. The van der Waals surface area contributed by atoms with Crippen LogP contribution in [0.3, 0.4) is 0 Å². The number of rotatable bonds is 5. The molecule has 2 amide bonds. The molecule has 4 aromatic rings. The van der Waals surface area contributed by atoms with Crippen molar-refractivity contribution in [2.24, 2.45) is 0 Å². The molecule has 0 bridgehead atoms. The predicted molar refractivity (Wildman–Crippen MR) is 158 cm³/mol. The van der Waals surface area contributed by atoms with Crippen LogP contribution in [0.2, 0.25) is 0 Å². The number of carbonyl (C=O) groups excluding carboxylic acids is 2. The Labute approximate surface area is 234 Å². The molecular weight excluding hydrogens is 502 g/mol. The number of hydrogen-bond acceptors (Lipinski definition) is 4. The van der Waals surface area contributed by atoms with Crippen molar-refractivity contribution < 1.29 is 9.59 Å². The third-order valence-electron chi connectivity index (χ3n) is 8.42. The van der Waals surface area contributed by atoms with Crippen molar-refractivity contribution in [1.29, 1.82) is 0 Å². The first-order chi connectivity index (χ1) is 19.0. The minimum absolute atomic E-state index is 0.0303. The van der Waals surface area contributed by atoms with E-state index in [4.69, 9.17) is 0 Å². The van der Waals surface area contributed by atoms with Gasteiger partial charge in [0.15, 0.2) is 0 Å². The average Bonchev–Trinajstić information content (AvgIpc) is 3.44. The van der Waals surface area contributed by atoms with Gasteiger partial charge in [-0.3, -0.25) is 14.5 Å². The maximum Gasteiger partial charge on any atom is 0.254 e. The number of piperazine rings is 1. The molecule has 2 aliphatic rings. The van der Waals surface area contributed by atoms with Crippen molar-refractivity contribution in [2.45, 2.75) is 38.8 Å². The summed E-state index contributed by atoms with van der Waals surface area (Å²) in [5.74, 6) is 0.228. The van der Waals surface area contributed by atoms with Crippen molar-refractivity contribution in [3.8, 4) is 0 Å². The highest BCUT2D eigenvalue weighted by atomic mass is 32.1. The van der Waals surface area contributed by atoms with Gasteiger partial charge in [0.2, 0.25) is 5.91 Å². The third-order valence-corrected chi connectivity index (χ3v) is 9.42. The van der Waals surface area contributed by atoms with Gasteiger partial charge >= 0.3 is 0 Å². The van der Waals surface area contributed by atoms with Gasteiger partial charge in [-0.15, -0.1) is 11.3 Å². The molecule has 5 nitrogen and oxygen atoms in total. The molecule has 3 aromatic carbocycles. The summed E-state index contributed by atoms with van der Waals surface area (Å²) in [5, 5.41) is 4.25. The van der Waals surface area contributed by atoms with Crippen molar-refractivity contribution >= 4 is 33.9 Å². The van der Waals surface area contributed by atoms with Gasteiger partial charge < -0.3 is 9.80 Å². The van der Waals surface area contributed by atoms with Crippen LogP contribution in [0.25, 0.3) is 10.8 Å². The summed E-state index contributed by atoms with van der Waals surface area (Å²) in [5.41, 5.74) is 4.75. The number of carbonyl (C=O) groups is 2. The van der Waals surface area contributed by atoms with E-state index in [1.807, 2.05) is 63.6 Å². The summed E-state index contributed by atoms with van der Waals surface area (Å²) < 4.78 is 0. The molecule has 0 saturated carbocycles. The molecule has 2 unspecified atom stereocenters. The third kappa shape index (κ3) is 4.99. The first kappa shape index (κ1) is 25.8. The number of fused-ring (bicyclic) bond motifs is 2. The number of hydrogen-bond donors (Lipinski definition) is 0. The zero-order valence-corrected chi connectivity index (χ0v) is 23.5. The second kappa shape index (κ2) is 10.9. The molecule has 6 heteroatoms. The monoisotopic (exact) mass is 537 g/mol. The van der Waals surface area contributed by atoms with Crippen LogP contribution in [-0.2, 0) is 11.2 Å². The van der Waals surface area contributed by atoms with Crippen molar-refractivity contribution in [3.05, 3.63) is 105 Å². The zero-order chi connectivity index (χ0) is 26.9. The molecule has 1 fully saturated rings. The largest absolute Gasteiger partial charge is 0.339 e. The van der Waals surface area contributed by atoms with Crippen LogP contribution in [0.5, 0.6) is 0 Å². The number of benzene rings is 3. The Morgan fingerprint density at radius 3 is 2.54 bits per heavy atom. The highest BCUT2D eigenvalue weighted by Crippen LogP contribution is 2.39. The fraction of sp³-hybridized carbons (Fsp3) is 0.333. The summed E-state index contributed by atoms with van der Waals surface area (Å²) in [7, 11) is 0. The molecule has 0 radical (unpaired) electrons. The van der Waals surface area contributed by atoms with Crippen molar-refractivity contribution in [2.75, 3.05) is 32.7 Å². The minimum atomic E-state index is -0.0303. The zero-order valence-electron chi connectivity index (χ0n) is 22.7. The van der Waals surface area contributed by atoms with E-state index in [0.717, 1.165) is 35.8 Å². The molecule has 0 spiro atoms. The van der Waals surface area contributed by atoms with E-state index >= 15 is 0 Å². The van der Waals surface area contributed by atoms with Gasteiger partial charge in [0.05, 0.1) is 6.04 Å². The molecule has 39 heavy (non-hydrogen) atoms. The van der Waals surface area contributed by atoms with E-state index in [-0.39, 0.29) is 23.9 Å². The molecule has 2 aliphatic heterocycles. The lowest BCUT2D eigenvalue weighted by Gasteiger charge is -2.41. The Morgan fingerprint density at radius 1 is 0.897 bits per heavy atom. The van der Waals surface area contributed by atoms with Crippen molar-refractivity contribution in [1.82, 2.24) is 14.7 Å². The molecule has 0 N–H and O–H groups in total.